The van der Waals surface area contributed by atoms with Crippen molar-refractivity contribution in [1.29, 1.82) is 0 Å². The number of thiophene rings is 1. The van der Waals surface area contributed by atoms with Gasteiger partial charge < -0.3 is 11.1 Å². The number of nitrogens with zero attached hydrogens (tertiary/aromatic N) is 2. The third-order valence-corrected chi connectivity index (χ3v) is 4.60. The van der Waals surface area contributed by atoms with Crippen molar-refractivity contribution in [3.8, 4) is 11.3 Å². The Morgan fingerprint density at radius 3 is 2.80 bits per heavy atom. The second-order valence-corrected chi connectivity index (χ2v) is 6.53. The van der Waals surface area contributed by atoms with Crippen LogP contribution >= 0.6 is 27.3 Å². The zero-order valence-electron chi connectivity index (χ0n) is 11.1. The summed E-state index contributed by atoms with van der Waals surface area (Å²) in [5.74, 6) is 0.605. The van der Waals surface area contributed by atoms with E-state index >= 15 is 0 Å². The van der Waals surface area contributed by atoms with E-state index in [0.29, 0.717) is 5.95 Å². The second-order valence-electron chi connectivity index (χ2n) is 4.41. The number of anilines is 2. The minimum atomic E-state index is 0.605. The normalized spacial score (nSPS) is 10.9. The number of aryl methyl sites for hydroxylation is 1. The number of hydrogen-bond donors (Lipinski definition) is 2. The Morgan fingerprint density at radius 2 is 2.10 bits per heavy atom. The summed E-state index contributed by atoms with van der Waals surface area (Å²) in [5.41, 5.74) is 8.86. The fourth-order valence-corrected chi connectivity index (χ4v) is 3.43. The molecular formula is C14H13BrN4S. The molecule has 2 aromatic heterocycles. The van der Waals surface area contributed by atoms with Gasteiger partial charge in [0.2, 0.25) is 5.95 Å². The second kappa shape index (κ2) is 5.03. The van der Waals surface area contributed by atoms with Crippen LogP contribution in [0.4, 0.5) is 11.6 Å². The molecule has 0 aliphatic carbocycles. The molecule has 3 rings (SSSR count). The average Bonchev–Trinajstić information content (AvgIpc) is 2.73. The summed E-state index contributed by atoms with van der Waals surface area (Å²) in [7, 11) is 1.82. The molecule has 0 radical (unpaired) electrons. The van der Waals surface area contributed by atoms with Gasteiger partial charge in [-0.3, -0.25) is 0 Å². The van der Waals surface area contributed by atoms with Gasteiger partial charge in [0.1, 0.15) is 4.83 Å². The van der Waals surface area contributed by atoms with Crippen LogP contribution in [0.15, 0.2) is 28.7 Å². The van der Waals surface area contributed by atoms with Gasteiger partial charge >= 0.3 is 0 Å². The van der Waals surface area contributed by atoms with Crippen LogP contribution in [0.2, 0.25) is 0 Å². The summed E-state index contributed by atoms with van der Waals surface area (Å²) in [5, 5.41) is 3.94. The molecule has 0 saturated carbocycles. The fraction of sp³-hybridized carbons (Fsp3) is 0.143. The molecular weight excluding hydrogens is 336 g/mol. The van der Waals surface area contributed by atoms with Crippen LogP contribution in [0, 0.1) is 6.92 Å². The maximum atomic E-state index is 6.20. The molecule has 0 amide bonds. The van der Waals surface area contributed by atoms with Gasteiger partial charge in [0, 0.05) is 22.0 Å². The molecule has 0 aliphatic heterocycles. The Morgan fingerprint density at radius 1 is 1.30 bits per heavy atom. The topological polar surface area (TPSA) is 63.8 Å². The van der Waals surface area contributed by atoms with Crippen LogP contribution in [0.5, 0.6) is 0 Å². The first kappa shape index (κ1) is 13.3. The van der Waals surface area contributed by atoms with Crippen molar-refractivity contribution in [3.05, 3.63) is 33.6 Å². The van der Waals surface area contributed by atoms with Crippen molar-refractivity contribution < 1.29 is 0 Å². The molecule has 0 spiro atoms. The predicted molar refractivity (Wildman–Crippen MR) is 89.2 cm³/mol. The van der Waals surface area contributed by atoms with Crippen LogP contribution in [0.3, 0.4) is 0 Å². The third kappa shape index (κ3) is 2.14. The van der Waals surface area contributed by atoms with Crippen molar-refractivity contribution in [2.24, 2.45) is 0 Å². The Kier molecular flexibility index (Phi) is 3.35. The van der Waals surface area contributed by atoms with E-state index in [2.05, 4.69) is 31.2 Å². The molecule has 0 bridgehead atoms. The quantitative estimate of drug-likeness (QED) is 0.733. The molecule has 102 valence electrons. The van der Waals surface area contributed by atoms with Gasteiger partial charge in [-0.05, 0) is 19.1 Å². The third-order valence-electron chi connectivity index (χ3n) is 3.10. The van der Waals surface area contributed by atoms with Gasteiger partial charge in [0.25, 0.3) is 0 Å². The first-order chi connectivity index (χ1) is 9.60. The van der Waals surface area contributed by atoms with Crippen LogP contribution in [-0.4, -0.2) is 17.0 Å². The van der Waals surface area contributed by atoms with Gasteiger partial charge in [-0.15, -0.1) is 11.3 Å². The Hall–Kier alpha value is -1.66. The van der Waals surface area contributed by atoms with Crippen LogP contribution in [-0.2, 0) is 0 Å². The van der Waals surface area contributed by atoms with E-state index in [0.717, 1.165) is 36.5 Å². The number of nitrogens with one attached hydrogen (secondary N) is 1. The molecule has 1 aromatic carbocycles. The lowest BCUT2D eigenvalue weighted by Crippen LogP contribution is -1.99. The first-order valence-electron chi connectivity index (χ1n) is 6.10. The molecule has 0 aliphatic rings. The smallest absolute Gasteiger partial charge is 0.224 e. The van der Waals surface area contributed by atoms with Crippen molar-refractivity contribution in [2.75, 3.05) is 18.1 Å². The Balaban J connectivity index is 2.38. The average molecular weight is 349 g/mol. The van der Waals surface area contributed by atoms with E-state index in [1.165, 1.54) is 0 Å². The highest BCUT2D eigenvalue weighted by molar-refractivity contribution is 9.10. The minimum absolute atomic E-state index is 0.605. The molecule has 3 aromatic rings. The lowest BCUT2D eigenvalue weighted by molar-refractivity contribution is 1.21. The van der Waals surface area contributed by atoms with Crippen molar-refractivity contribution in [1.82, 2.24) is 9.97 Å². The van der Waals surface area contributed by atoms with E-state index in [1.807, 2.05) is 38.2 Å². The summed E-state index contributed by atoms with van der Waals surface area (Å²) in [6.45, 7) is 2.01. The molecule has 0 unspecified atom stereocenters. The molecule has 2 heterocycles. The number of fused-ring (bicyclic) bond motifs is 1. The molecule has 0 fully saturated rings. The van der Waals surface area contributed by atoms with Gasteiger partial charge in [-0.2, -0.15) is 0 Å². The highest BCUT2D eigenvalue weighted by Crippen LogP contribution is 2.38. The van der Waals surface area contributed by atoms with Gasteiger partial charge in [-0.25, -0.2) is 9.97 Å². The first-order valence-corrected chi connectivity index (χ1v) is 7.71. The number of benzene rings is 1. The Bertz CT molecular complexity index is 797. The highest BCUT2D eigenvalue weighted by atomic mass is 79.9. The Labute approximate surface area is 129 Å². The van der Waals surface area contributed by atoms with E-state index in [9.17, 15) is 0 Å². The maximum absolute atomic E-state index is 6.20. The van der Waals surface area contributed by atoms with Crippen LogP contribution < -0.4 is 11.1 Å². The zero-order valence-corrected chi connectivity index (χ0v) is 13.5. The lowest BCUT2D eigenvalue weighted by Gasteiger charge is -2.07. The number of hydrogen-bond acceptors (Lipinski definition) is 5. The highest BCUT2D eigenvalue weighted by Gasteiger charge is 2.16. The minimum Gasteiger partial charge on any atom is -0.397 e. The summed E-state index contributed by atoms with van der Waals surface area (Å²) in [4.78, 5) is 11.1. The van der Waals surface area contributed by atoms with E-state index in [4.69, 9.17) is 5.73 Å². The molecule has 0 atom stereocenters. The van der Waals surface area contributed by atoms with E-state index in [-0.39, 0.29) is 0 Å². The van der Waals surface area contributed by atoms with Crippen molar-refractivity contribution in [3.63, 3.8) is 0 Å². The van der Waals surface area contributed by atoms with E-state index in [1.54, 1.807) is 11.3 Å². The van der Waals surface area contributed by atoms with Crippen molar-refractivity contribution >= 4 is 49.1 Å². The zero-order chi connectivity index (χ0) is 14.3. The molecule has 3 N–H and O–H groups in total. The monoisotopic (exact) mass is 348 g/mol. The van der Waals surface area contributed by atoms with Gasteiger partial charge in [-0.1, -0.05) is 28.1 Å². The molecule has 6 heteroatoms. The number of halogens is 1. The number of nitrogen functional groups attached to an aromatic ring is 1. The summed E-state index contributed by atoms with van der Waals surface area (Å²) >= 11 is 5.09. The molecule has 4 nitrogen and oxygen atoms in total. The van der Waals surface area contributed by atoms with Gasteiger partial charge in [0.05, 0.1) is 16.8 Å². The SMILES string of the molecule is CNc1nc(-c2cccc(Br)c2)c2c(N)c(C)sc2n1. The molecule has 0 saturated heterocycles. The van der Waals surface area contributed by atoms with Crippen LogP contribution in [0.25, 0.3) is 21.5 Å². The van der Waals surface area contributed by atoms with E-state index < -0.39 is 0 Å². The lowest BCUT2D eigenvalue weighted by atomic mass is 10.1. The fourth-order valence-electron chi connectivity index (χ4n) is 2.09. The van der Waals surface area contributed by atoms with Crippen LogP contribution in [0.1, 0.15) is 4.88 Å². The number of aromatic nitrogens is 2. The summed E-state index contributed by atoms with van der Waals surface area (Å²) < 4.78 is 1.01. The summed E-state index contributed by atoms with van der Waals surface area (Å²) in [6, 6.07) is 8.04. The number of rotatable bonds is 2. The largest absolute Gasteiger partial charge is 0.397 e. The van der Waals surface area contributed by atoms with Crippen molar-refractivity contribution in [2.45, 2.75) is 6.92 Å². The molecule has 20 heavy (non-hydrogen) atoms. The van der Waals surface area contributed by atoms with Gasteiger partial charge in [0.15, 0.2) is 0 Å². The standard InChI is InChI=1S/C14H13BrN4S/c1-7-11(16)10-12(8-4-3-5-9(15)6-8)18-14(17-2)19-13(10)20-7/h3-6H,16H2,1-2H3,(H,17,18,19). The maximum Gasteiger partial charge on any atom is 0.224 e. The predicted octanol–water partition coefficient (Wildman–Crippen LogP) is 4.05. The number of nitrogens with two attached hydrogens (primary N) is 1. The summed E-state index contributed by atoms with van der Waals surface area (Å²) in [6.07, 6.45) is 0.